The number of hydrogen-bond donors (Lipinski definition) is 0. The Bertz CT molecular complexity index is 1610. The average molecular weight is 515 g/mol. The van der Waals surface area contributed by atoms with Gasteiger partial charge >= 0.3 is 5.69 Å². The SMILES string of the molecule is CCOc1nc([C@@H](CS(C)(=O)=O)n2c(=O)n(C)c3cc(-c4cc(C)ccc4F)cnc32)ccc1OC. The van der Waals surface area contributed by atoms with E-state index in [1.807, 2.05) is 6.92 Å². The maximum atomic E-state index is 14.5. The van der Waals surface area contributed by atoms with Crippen LogP contribution >= 0.6 is 0 Å². The van der Waals surface area contributed by atoms with Crippen LogP contribution in [0.1, 0.15) is 24.2 Å². The Morgan fingerprint density at radius 2 is 1.92 bits per heavy atom. The minimum absolute atomic E-state index is 0.189. The molecule has 3 aromatic heterocycles. The second-order valence-electron chi connectivity index (χ2n) is 8.55. The van der Waals surface area contributed by atoms with Gasteiger partial charge in [0.15, 0.2) is 11.4 Å². The van der Waals surface area contributed by atoms with Crippen LogP contribution in [0.3, 0.4) is 0 Å². The van der Waals surface area contributed by atoms with Crippen molar-refractivity contribution >= 4 is 21.0 Å². The van der Waals surface area contributed by atoms with Crippen LogP contribution in [0, 0.1) is 12.7 Å². The van der Waals surface area contributed by atoms with Gasteiger partial charge in [-0.1, -0.05) is 11.6 Å². The van der Waals surface area contributed by atoms with Crippen molar-refractivity contribution in [3.8, 4) is 22.8 Å². The van der Waals surface area contributed by atoms with Gasteiger partial charge in [0.05, 0.1) is 36.7 Å². The van der Waals surface area contributed by atoms with Crippen LogP contribution in [0.15, 0.2) is 47.4 Å². The number of aryl methyl sites for hydroxylation is 2. The number of ether oxygens (including phenoxy) is 2. The summed E-state index contributed by atoms with van der Waals surface area (Å²) in [6.07, 6.45) is 2.57. The number of sulfone groups is 1. The van der Waals surface area contributed by atoms with Gasteiger partial charge in [-0.15, -0.1) is 0 Å². The van der Waals surface area contributed by atoms with E-state index in [0.717, 1.165) is 11.8 Å². The maximum absolute atomic E-state index is 14.5. The van der Waals surface area contributed by atoms with Gasteiger partial charge in [-0.05, 0) is 44.2 Å². The molecule has 4 rings (SSSR count). The predicted molar refractivity (Wildman–Crippen MR) is 135 cm³/mol. The van der Waals surface area contributed by atoms with Gasteiger partial charge < -0.3 is 9.47 Å². The van der Waals surface area contributed by atoms with Crippen molar-refractivity contribution in [1.29, 1.82) is 0 Å². The highest BCUT2D eigenvalue weighted by molar-refractivity contribution is 7.90. The molecule has 0 saturated carbocycles. The molecule has 9 nitrogen and oxygen atoms in total. The summed E-state index contributed by atoms with van der Waals surface area (Å²) in [7, 11) is -0.524. The highest BCUT2D eigenvalue weighted by atomic mass is 32.2. The molecule has 0 aliphatic heterocycles. The van der Waals surface area contributed by atoms with Crippen molar-refractivity contribution in [1.82, 2.24) is 19.1 Å². The van der Waals surface area contributed by atoms with Gasteiger partial charge in [-0.25, -0.2) is 27.6 Å². The molecule has 0 bridgehead atoms. The minimum atomic E-state index is -3.56. The molecular weight excluding hydrogens is 487 g/mol. The zero-order chi connectivity index (χ0) is 26.2. The number of imidazole rings is 1. The molecule has 0 saturated heterocycles. The fraction of sp³-hybridized carbons (Fsp3) is 0.320. The summed E-state index contributed by atoms with van der Waals surface area (Å²) in [5.41, 5.74) is 2.23. The number of rotatable bonds is 8. The molecule has 190 valence electrons. The number of halogens is 1. The molecule has 4 aromatic rings. The highest BCUT2D eigenvalue weighted by Crippen LogP contribution is 2.31. The first-order valence-electron chi connectivity index (χ1n) is 11.2. The van der Waals surface area contributed by atoms with E-state index in [2.05, 4.69) is 9.97 Å². The minimum Gasteiger partial charge on any atom is -0.491 e. The Labute approximate surface area is 208 Å². The number of aromatic nitrogens is 4. The smallest absolute Gasteiger partial charge is 0.330 e. The van der Waals surface area contributed by atoms with E-state index in [1.165, 1.54) is 28.5 Å². The Kier molecular flexibility index (Phi) is 6.85. The van der Waals surface area contributed by atoms with E-state index in [-0.39, 0.29) is 11.5 Å². The van der Waals surface area contributed by atoms with Crippen LogP contribution in [-0.4, -0.2) is 53.2 Å². The third-order valence-corrected chi connectivity index (χ3v) is 6.75. The van der Waals surface area contributed by atoms with Gasteiger partial charge in [-0.2, -0.15) is 0 Å². The van der Waals surface area contributed by atoms with E-state index in [1.54, 1.807) is 44.3 Å². The maximum Gasteiger partial charge on any atom is 0.330 e. The van der Waals surface area contributed by atoms with E-state index in [4.69, 9.17) is 9.47 Å². The van der Waals surface area contributed by atoms with Crippen molar-refractivity contribution in [2.45, 2.75) is 19.9 Å². The van der Waals surface area contributed by atoms with Crippen LogP contribution < -0.4 is 15.2 Å². The monoisotopic (exact) mass is 514 g/mol. The van der Waals surface area contributed by atoms with E-state index in [9.17, 15) is 17.6 Å². The Morgan fingerprint density at radius 3 is 2.58 bits per heavy atom. The van der Waals surface area contributed by atoms with Crippen LogP contribution in [0.5, 0.6) is 11.6 Å². The topological polar surface area (TPSA) is 105 Å². The lowest BCUT2D eigenvalue weighted by Gasteiger charge is -2.19. The third-order valence-electron chi connectivity index (χ3n) is 5.82. The summed E-state index contributed by atoms with van der Waals surface area (Å²) >= 11 is 0. The molecule has 0 spiro atoms. The molecule has 1 atom stereocenters. The summed E-state index contributed by atoms with van der Waals surface area (Å²) in [4.78, 5) is 22.4. The fourth-order valence-electron chi connectivity index (χ4n) is 4.12. The molecule has 0 aliphatic rings. The lowest BCUT2D eigenvalue weighted by Crippen LogP contribution is -2.31. The van der Waals surface area contributed by atoms with Crippen molar-refractivity contribution in [2.75, 3.05) is 25.7 Å². The average Bonchev–Trinajstić information content (AvgIpc) is 3.08. The molecule has 0 fully saturated rings. The molecule has 0 unspecified atom stereocenters. The quantitative estimate of drug-likeness (QED) is 0.355. The molecule has 1 aromatic carbocycles. The number of pyridine rings is 2. The lowest BCUT2D eigenvalue weighted by molar-refractivity contribution is 0.296. The first-order valence-corrected chi connectivity index (χ1v) is 13.3. The summed E-state index contributed by atoms with van der Waals surface area (Å²) < 4.78 is 52.9. The van der Waals surface area contributed by atoms with Gasteiger partial charge in [0.2, 0.25) is 0 Å². The van der Waals surface area contributed by atoms with E-state index >= 15 is 0 Å². The summed E-state index contributed by atoms with van der Waals surface area (Å²) in [6.45, 7) is 3.96. The first kappa shape index (κ1) is 25.4. The molecule has 11 heteroatoms. The summed E-state index contributed by atoms with van der Waals surface area (Å²) in [5.74, 6) is -0.235. The molecule has 3 heterocycles. The number of benzene rings is 1. The van der Waals surface area contributed by atoms with Gasteiger partial charge in [0, 0.05) is 30.6 Å². The van der Waals surface area contributed by atoms with Crippen molar-refractivity contribution in [3.05, 3.63) is 70.2 Å². The zero-order valence-corrected chi connectivity index (χ0v) is 21.5. The molecular formula is C25H27FN4O5S. The predicted octanol–water partition coefficient (Wildman–Crippen LogP) is 3.29. The Hall–Kier alpha value is -3.73. The number of nitrogens with zero attached hydrogens (tertiary/aromatic N) is 4. The molecule has 0 aliphatic carbocycles. The molecule has 0 radical (unpaired) electrons. The van der Waals surface area contributed by atoms with Gasteiger partial charge in [0.25, 0.3) is 5.88 Å². The molecule has 0 amide bonds. The van der Waals surface area contributed by atoms with Crippen molar-refractivity contribution in [3.63, 3.8) is 0 Å². The molecule has 36 heavy (non-hydrogen) atoms. The second kappa shape index (κ2) is 9.73. The fourth-order valence-corrected chi connectivity index (χ4v) is 5.02. The zero-order valence-electron chi connectivity index (χ0n) is 20.6. The van der Waals surface area contributed by atoms with Crippen molar-refractivity contribution in [2.24, 2.45) is 7.05 Å². The van der Waals surface area contributed by atoms with Gasteiger partial charge in [0.1, 0.15) is 15.7 Å². The summed E-state index contributed by atoms with van der Waals surface area (Å²) in [6, 6.07) is 8.65. The third kappa shape index (κ3) is 4.83. The Balaban J connectivity index is 1.94. The van der Waals surface area contributed by atoms with Crippen LogP contribution in [0.25, 0.3) is 22.3 Å². The first-order chi connectivity index (χ1) is 17.0. The second-order valence-corrected chi connectivity index (χ2v) is 10.7. The van der Waals surface area contributed by atoms with Crippen LogP contribution in [-0.2, 0) is 16.9 Å². The van der Waals surface area contributed by atoms with E-state index < -0.39 is 33.1 Å². The standard InChI is InChI=1S/C25H27FN4O5S/c1-6-35-24-22(34-4)10-9-19(28-24)21(14-36(5,32)33)30-23-20(29(3)25(30)31)12-16(13-27-23)17-11-15(2)7-8-18(17)26/h7-13,21H,6,14H2,1-5H3/t21-/m1/s1. The Morgan fingerprint density at radius 1 is 1.17 bits per heavy atom. The number of hydrogen-bond acceptors (Lipinski definition) is 7. The van der Waals surface area contributed by atoms with Crippen LogP contribution in [0.4, 0.5) is 4.39 Å². The lowest BCUT2D eigenvalue weighted by atomic mass is 10.0. The van der Waals surface area contributed by atoms with Crippen LogP contribution in [0.2, 0.25) is 0 Å². The highest BCUT2D eigenvalue weighted by Gasteiger charge is 2.28. The van der Waals surface area contributed by atoms with E-state index in [0.29, 0.717) is 34.7 Å². The van der Waals surface area contributed by atoms with Gasteiger partial charge in [-0.3, -0.25) is 9.13 Å². The largest absolute Gasteiger partial charge is 0.491 e. The number of fused-ring (bicyclic) bond motifs is 1. The van der Waals surface area contributed by atoms with Crippen molar-refractivity contribution < 1.29 is 22.3 Å². The summed E-state index contributed by atoms with van der Waals surface area (Å²) in [5, 5.41) is 0. The number of methoxy groups -OCH3 is 1. The normalized spacial score (nSPS) is 12.6. The molecule has 0 N–H and O–H groups in total.